The zero-order valence-electron chi connectivity index (χ0n) is 22.7. The van der Waals surface area contributed by atoms with Gasteiger partial charge in [0.2, 0.25) is 0 Å². The van der Waals surface area contributed by atoms with Crippen molar-refractivity contribution in [3.05, 3.63) is 76.1 Å². The first-order valence-corrected chi connectivity index (χ1v) is 13.8. The number of nitrogens with one attached hydrogen (secondary N) is 2. The average Bonchev–Trinajstić information content (AvgIpc) is 3.40. The van der Waals surface area contributed by atoms with Gasteiger partial charge in [0.1, 0.15) is 0 Å². The number of carbonyl (C=O) groups excluding carboxylic acids is 1. The number of benzene rings is 2. The lowest BCUT2D eigenvalue weighted by Gasteiger charge is -2.41. The Labute approximate surface area is 230 Å². The highest BCUT2D eigenvalue weighted by Crippen LogP contribution is 2.39. The summed E-state index contributed by atoms with van der Waals surface area (Å²) in [5, 5.41) is 28.2. The van der Waals surface area contributed by atoms with E-state index in [4.69, 9.17) is 11.6 Å². The molecule has 0 radical (unpaired) electrons. The number of nitrogens with zero attached hydrogens (tertiary/aromatic N) is 4. The van der Waals surface area contributed by atoms with Crippen LogP contribution in [-0.2, 0) is 13.0 Å². The summed E-state index contributed by atoms with van der Waals surface area (Å²) < 4.78 is 0. The molecule has 0 saturated heterocycles. The van der Waals surface area contributed by atoms with Gasteiger partial charge in [-0.2, -0.15) is 5.21 Å². The summed E-state index contributed by atoms with van der Waals surface area (Å²) in [7, 11) is 0. The molecule has 1 saturated carbocycles. The SMILES string of the molecule is C[C@H](NC(=O)N(Cc1ccc([C@H](O)Cc2nn[nH]n2)cc1)C1CCC(C(C)(C)C)CC1)c1ccc(Cl)cc1. The van der Waals surface area contributed by atoms with E-state index in [1.165, 1.54) is 0 Å². The number of hydrogen-bond donors (Lipinski definition) is 3. The van der Waals surface area contributed by atoms with Crippen LogP contribution in [0.3, 0.4) is 0 Å². The van der Waals surface area contributed by atoms with Crippen LogP contribution in [-0.4, -0.2) is 42.7 Å². The normalized spacial score (nSPS) is 19.5. The Bertz CT molecular complexity index is 1150. The standard InChI is InChI=1S/C29H39ClN6O2/c1-19(21-9-13-24(30)14-10-21)31-28(38)36(25-15-11-23(12-16-25)29(2,3)4)18-20-5-7-22(8-6-20)26(37)17-27-32-34-35-33-27/h5-10,13-14,19,23,25-26,37H,11-12,15-18H2,1-4H3,(H,31,38)(H,32,33,34,35)/t19-,23?,25?,26+/m0/s1. The van der Waals surface area contributed by atoms with Crippen LogP contribution in [0.5, 0.6) is 0 Å². The number of aliphatic hydroxyl groups is 1. The monoisotopic (exact) mass is 538 g/mol. The fourth-order valence-corrected chi connectivity index (χ4v) is 5.45. The summed E-state index contributed by atoms with van der Waals surface area (Å²) in [6.45, 7) is 9.43. The van der Waals surface area contributed by atoms with Crippen molar-refractivity contribution in [1.29, 1.82) is 0 Å². The van der Waals surface area contributed by atoms with Gasteiger partial charge in [-0.05, 0) is 72.8 Å². The van der Waals surface area contributed by atoms with E-state index in [0.29, 0.717) is 23.3 Å². The van der Waals surface area contributed by atoms with Crippen molar-refractivity contribution in [3.8, 4) is 0 Å². The predicted molar refractivity (Wildman–Crippen MR) is 148 cm³/mol. The molecule has 0 unspecified atom stereocenters. The molecule has 3 N–H and O–H groups in total. The molecule has 1 aromatic heterocycles. The Kier molecular flexibility index (Phi) is 9.05. The molecule has 4 rings (SSSR count). The van der Waals surface area contributed by atoms with Gasteiger partial charge in [-0.25, -0.2) is 4.79 Å². The summed E-state index contributed by atoms with van der Waals surface area (Å²) in [5.41, 5.74) is 3.09. The zero-order chi connectivity index (χ0) is 27.3. The van der Waals surface area contributed by atoms with Crippen LogP contribution in [0.4, 0.5) is 4.79 Å². The van der Waals surface area contributed by atoms with Crippen LogP contribution < -0.4 is 5.32 Å². The molecule has 9 heteroatoms. The van der Waals surface area contributed by atoms with E-state index in [1.54, 1.807) is 0 Å². The van der Waals surface area contributed by atoms with Gasteiger partial charge >= 0.3 is 6.03 Å². The van der Waals surface area contributed by atoms with E-state index in [1.807, 2.05) is 60.4 Å². The topological polar surface area (TPSA) is 107 Å². The minimum absolute atomic E-state index is 0.0622. The largest absolute Gasteiger partial charge is 0.388 e. The molecule has 8 nitrogen and oxygen atoms in total. The number of carbonyl (C=O) groups is 1. The second-order valence-electron chi connectivity index (χ2n) is 11.5. The number of hydrogen-bond acceptors (Lipinski definition) is 5. The van der Waals surface area contributed by atoms with Crippen LogP contribution in [0.25, 0.3) is 0 Å². The van der Waals surface area contributed by atoms with Crippen LogP contribution in [0.15, 0.2) is 48.5 Å². The molecule has 2 atom stereocenters. The van der Waals surface area contributed by atoms with Gasteiger partial charge < -0.3 is 15.3 Å². The van der Waals surface area contributed by atoms with E-state index in [-0.39, 0.29) is 30.0 Å². The number of tetrazole rings is 1. The third kappa shape index (κ3) is 7.32. The molecule has 204 valence electrons. The first-order valence-electron chi connectivity index (χ1n) is 13.4. The predicted octanol–water partition coefficient (Wildman–Crippen LogP) is 6.01. The molecule has 0 spiro atoms. The third-order valence-corrected chi connectivity index (χ3v) is 8.07. The van der Waals surface area contributed by atoms with Crippen molar-refractivity contribution in [2.75, 3.05) is 0 Å². The summed E-state index contributed by atoms with van der Waals surface area (Å²) in [5.74, 6) is 1.13. The molecule has 38 heavy (non-hydrogen) atoms. The summed E-state index contributed by atoms with van der Waals surface area (Å²) in [6, 6.07) is 15.3. The van der Waals surface area contributed by atoms with Crippen molar-refractivity contribution >= 4 is 17.6 Å². The average molecular weight is 539 g/mol. The number of halogens is 1. The number of H-pyrrole nitrogens is 1. The molecule has 2 amide bonds. The number of aliphatic hydroxyl groups excluding tert-OH is 1. The lowest BCUT2D eigenvalue weighted by Crippen LogP contribution is -2.48. The van der Waals surface area contributed by atoms with E-state index in [9.17, 15) is 9.90 Å². The van der Waals surface area contributed by atoms with Crippen LogP contribution in [0.2, 0.25) is 5.02 Å². The highest BCUT2D eigenvalue weighted by molar-refractivity contribution is 6.30. The molecular weight excluding hydrogens is 500 g/mol. The second-order valence-corrected chi connectivity index (χ2v) is 11.9. The second kappa shape index (κ2) is 12.3. The lowest BCUT2D eigenvalue weighted by atomic mass is 9.71. The maximum atomic E-state index is 13.7. The smallest absolute Gasteiger partial charge is 0.318 e. The zero-order valence-corrected chi connectivity index (χ0v) is 23.4. The highest BCUT2D eigenvalue weighted by atomic mass is 35.5. The van der Waals surface area contributed by atoms with Crippen molar-refractivity contribution in [3.63, 3.8) is 0 Å². The lowest BCUT2D eigenvalue weighted by molar-refractivity contribution is 0.103. The molecule has 1 heterocycles. The molecule has 2 aromatic carbocycles. The van der Waals surface area contributed by atoms with Gasteiger partial charge in [0, 0.05) is 24.0 Å². The van der Waals surface area contributed by atoms with Gasteiger partial charge in [0.25, 0.3) is 0 Å². The molecule has 1 aliphatic rings. The summed E-state index contributed by atoms with van der Waals surface area (Å²) in [4.78, 5) is 15.7. The third-order valence-electron chi connectivity index (χ3n) is 7.82. The summed E-state index contributed by atoms with van der Waals surface area (Å²) >= 11 is 6.05. The van der Waals surface area contributed by atoms with E-state index in [2.05, 4.69) is 46.7 Å². The number of amides is 2. The number of urea groups is 1. The van der Waals surface area contributed by atoms with E-state index in [0.717, 1.165) is 42.4 Å². The van der Waals surface area contributed by atoms with Gasteiger partial charge in [0.15, 0.2) is 5.82 Å². The Morgan fingerprint density at radius 1 is 1.08 bits per heavy atom. The van der Waals surface area contributed by atoms with Crippen molar-refractivity contribution in [2.45, 2.75) is 84.5 Å². The van der Waals surface area contributed by atoms with Crippen LogP contribution >= 0.6 is 11.6 Å². The van der Waals surface area contributed by atoms with Gasteiger partial charge in [-0.1, -0.05) is 74.0 Å². The first kappa shape index (κ1) is 28.0. The Morgan fingerprint density at radius 3 is 2.29 bits per heavy atom. The van der Waals surface area contributed by atoms with Gasteiger partial charge in [-0.3, -0.25) is 0 Å². The number of rotatable bonds is 8. The van der Waals surface area contributed by atoms with E-state index < -0.39 is 6.10 Å². The molecule has 0 aliphatic heterocycles. The first-order chi connectivity index (χ1) is 18.1. The van der Waals surface area contributed by atoms with E-state index >= 15 is 0 Å². The maximum absolute atomic E-state index is 13.7. The van der Waals surface area contributed by atoms with Crippen molar-refractivity contribution in [1.82, 2.24) is 30.8 Å². The minimum atomic E-state index is -0.728. The fraction of sp³-hybridized carbons (Fsp3) is 0.517. The maximum Gasteiger partial charge on any atom is 0.318 e. The molecule has 3 aromatic rings. The highest BCUT2D eigenvalue weighted by Gasteiger charge is 2.34. The summed E-state index contributed by atoms with van der Waals surface area (Å²) in [6.07, 6.45) is 3.77. The number of aromatic amines is 1. The molecule has 0 bridgehead atoms. The Morgan fingerprint density at radius 2 is 1.71 bits per heavy atom. The Hall–Kier alpha value is -2.97. The quantitative estimate of drug-likeness (QED) is 0.325. The molecule has 1 fully saturated rings. The number of aromatic nitrogens is 4. The van der Waals surface area contributed by atoms with Crippen molar-refractivity contribution in [2.24, 2.45) is 11.3 Å². The molecular formula is C29H39ClN6O2. The fourth-order valence-electron chi connectivity index (χ4n) is 5.32. The van der Waals surface area contributed by atoms with Gasteiger partial charge in [-0.15, -0.1) is 10.2 Å². The Balaban J connectivity index is 1.47. The van der Waals surface area contributed by atoms with Crippen molar-refractivity contribution < 1.29 is 9.90 Å². The van der Waals surface area contributed by atoms with Crippen LogP contribution in [0.1, 0.15) is 88.0 Å². The molecule has 1 aliphatic carbocycles. The minimum Gasteiger partial charge on any atom is -0.388 e. The van der Waals surface area contributed by atoms with Crippen LogP contribution in [0, 0.1) is 11.3 Å². The van der Waals surface area contributed by atoms with Gasteiger partial charge in [0.05, 0.1) is 12.1 Å².